The highest BCUT2D eigenvalue weighted by atomic mass is 35.5. The number of halogens is 1. The molecule has 0 saturated carbocycles. The lowest BCUT2D eigenvalue weighted by Gasteiger charge is -2.32. The Labute approximate surface area is 148 Å². The van der Waals surface area contributed by atoms with E-state index in [1.807, 2.05) is 7.05 Å². The molecular weight excluding hydrogens is 346 g/mol. The average molecular weight is 364 g/mol. The Hall–Kier alpha value is -2.45. The summed E-state index contributed by atoms with van der Waals surface area (Å²) in [6.45, 7) is 2.48. The third-order valence-corrected chi connectivity index (χ3v) is 4.49. The Morgan fingerprint density at radius 3 is 2.24 bits per heavy atom. The second-order valence-corrected chi connectivity index (χ2v) is 6.42. The molecule has 1 aliphatic heterocycles. The lowest BCUT2D eigenvalue weighted by atomic mass is 10.3. The van der Waals surface area contributed by atoms with E-state index in [0.717, 1.165) is 22.3 Å². The molecule has 0 radical (unpaired) electrons. The van der Waals surface area contributed by atoms with Crippen LogP contribution in [-0.4, -0.2) is 63.3 Å². The van der Waals surface area contributed by atoms with Gasteiger partial charge in [-0.3, -0.25) is 14.2 Å². The van der Waals surface area contributed by atoms with Crippen molar-refractivity contribution >= 4 is 17.5 Å². The topological polar surface area (TPSA) is 80.4 Å². The van der Waals surface area contributed by atoms with Crippen LogP contribution in [0, 0.1) is 0 Å². The van der Waals surface area contributed by atoms with Gasteiger partial charge in [0.05, 0.1) is 5.69 Å². The van der Waals surface area contributed by atoms with Gasteiger partial charge in [0.15, 0.2) is 0 Å². The maximum absolute atomic E-state index is 12.7. The van der Waals surface area contributed by atoms with Crippen molar-refractivity contribution in [3.63, 3.8) is 0 Å². The van der Waals surface area contributed by atoms with Gasteiger partial charge in [-0.15, -0.1) is 0 Å². The number of nitrogens with zero attached hydrogens (tertiary/aromatic N) is 5. The van der Waals surface area contributed by atoms with Crippen LogP contribution in [0.1, 0.15) is 10.5 Å². The number of carbonyl (C=O) groups excluding carboxylic acids is 1. The second kappa shape index (κ2) is 6.81. The predicted octanol–water partition coefficient (Wildman–Crippen LogP) is -0.0278. The third-order valence-electron chi connectivity index (χ3n) is 4.24. The predicted molar refractivity (Wildman–Crippen MR) is 93.5 cm³/mol. The highest BCUT2D eigenvalue weighted by Gasteiger charge is 2.26. The van der Waals surface area contributed by atoms with Crippen LogP contribution in [-0.2, 0) is 7.05 Å². The molecule has 2 aromatic rings. The zero-order chi connectivity index (χ0) is 18.1. The van der Waals surface area contributed by atoms with E-state index in [1.165, 1.54) is 7.05 Å². The summed E-state index contributed by atoms with van der Waals surface area (Å²) in [5.41, 5.74) is -1.15. The van der Waals surface area contributed by atoms with Crippen molar-refractivity contribution in [2.24, 2.45) is 7.05 Å². The summed E-state index contributed by atoms with van der Waals surface area (Å²) in [5.74, 6) is -0.462. The van der Waals surface area contributed by atoms with E-state index in [-0.39, 0.29) is 5.69 Å². The van der Waals surface area contributed by atoms with Crippen LogP contribution in [0.4, 0.5) is 0 Å². The fraction of sp³-hybridized carbons (Fsp3) is 0.375. The normalized spacial score (nSPS) is 15.4. The molecule has 132 valence electrons. The Morgan fingerprint density at radius 2 is 1.64 bits per heavy atom. The van der Waals surface area contributed by atoms with Gasteiger partial charge in [-0.25, -0.2) is 4.79 Å². The molecule has 0 unspecified atom stereocenters. The summed E-state index contributed by atoms with van der Waals surface area (Å²) in [6, 6.07) is 6.42. The van der Waals surface area contributed by atoms with E-state index < -0.39 is 17.2 Å². The third kappa shape index (κ3) is 3.35. The van der Waals surface area contributed by atoms with E-state index in [0.29, 0.717) is 23.8 Å². The van der Waals surface area contributed by atoms with Crippen LogP contribution in [0.25, 0.3) is 5.69 Å². The Bertz CT molecular complexity index is 911. The highest BCUT2D eigenvalue weighted by molar-refractivity contribution is 6.30. The van der Waals surface area contributed by atoms with E-state index in [1.54, 1.807) is 29.2 Å². The Morgan fingerprint density at radius 1 is 1.04 bits per heavy atom. The first kappa shape index (κ1) is 17.4. The van der Waals surface area contributed by atoms with Gasteiger partial charge in [0, 0.05) is 38.2 Å². The van der Waals surface area contributed by atoms with Gasteiger partial charge in [-0.05, 0) is 31.3 Å². The summed E-state index contributed by atoms with van der Waals surface area (Å²) in [6.07, 6.45) is 0. The molecule has 9 heteroatoms. The van der Waals surface area contributed by atoms with Crippen molar-refractivity contribution in [3.05, 3.63) is 55.8 Å². The first-order valence-corrected chi connectivity index (χ1v) is 8.20. The Balaban J connectivity index is 2.05. The smallest absolute Gasteiger partial charge is 0.335 e. The number of hydrogen-bond acceptors (Lipinski definition) is 5. The molecule has 1 fully saturated rings. The molecule has 1 aromatic heterocycles. The van der Waals surface area contributed by atoms with Crippen molar-refractivity contribution in [3.8, 4) is 5.69 Å². The maximum Gasteiger partial charge on any atom is 0.351 e. The van der Waals surface area contributed by atoms with Gasteiger partial charge >= 0.3 is 5.69 Å². The molecule has 8 nitrogen and oxygen atoms in total. The molecule has 1 aromatic carbocycles. The van der Waals surface area contributed by atoms with E-state index in [2.05, 4.69) is 10.00 Å². The molecule has 0 N–H and O–H groups in total. The van der Waals surface area contributed by atoms with E-state index >= 15 is 0 Å². The van der Waals surface area contributed by atoms with Gasteiger partial charge in [0.1, 0.15) is 0 Å². The van der Waals surface area contributed by atoms with Crippen LogP contribution in [0.2, 0.25) is 5.02 Å². The molecule has 1 saturated heterocycles. The van der Waals surface area contributed by atoms with Crippen LogP contribution < -0.4 is 11.2 Å². The van der Waals surface area contributed by atoms with Crippen LogP contribution in [0.15, 0.2) is 33.9 Å². The van der Waals surface area contributed by atoms with Crippen molar-refractivity contribution in [2.45, 2.75) is 0 Å². The lowest BCUT2D eigenvalue weighted by molar-refractivity contribution is 0.0653. The summed E-state index contributed by atoms with van der Waals surface area (Å²) in [5, 5.41) is 4.56. The van der Waals surface area contributed by atoms with Crippen LogP contribution in [0.5, 0.6) is 0 Å². The summed E-state index contributed by atoms with van der Waals surface area (Å²) >= 11 is 5.86. The van der Waals surface area contributed by atoms with Crippen LogP contribution >= 0.6 is 11.6 Å². The SMILES string of the molecule is CN1CCN(C(=O)c2nn(-c3ccc(Cl)cc3)c(=O)n(C)c2=O)CC1. The largest absolute Gasteiger partial charge is 0.351 e. The molecular formula is C16H18ClN5O3. The van der Waals surface area contributed by atoms with Gasteiger partial charge in [0.25, 0.3) is 11.5 Å². The van der Waals surface area contributed by atoms with Gasteiger partial charge in [-0.1, -0.05) is 11.6 Å². The van der Waals surface area contributed by atoms with E-state index in [9.17, 15) is 14.4 Å². The molecule has 0 spiro atoms. The lowest BCUT2D eigenvalue weighted by Crippen LogP contribution is -2.50. The summed E-state index contributed by atoms with van der Waals surface area (Å²) in [4.78, 5) is 41.2. The van der Waals surface area contributed by atoms with Gasteiger partial charge in [0.2, 0.25) is 5.69 Å². The van der Waals surface area contributed by atoms with Crippen molar-refractivity contribution < 1.29 is 4.79 Å². The van der Waals surface area contributed by atoms with Gasteiger partial charge < -0.3 is 9.80 Å². The number of hydrogen-bond donors (Lipinski definition) is 0. The zero-order valence-electron chi connectivity index (χ0n) is 14.0. The molecule has 1 aliphatic rings. The number of aromatic nitrogens is 3. The number of piperazine rings is 1. The maximum atomic E-state index is 12.7. The first-order valence-electron chi connectivity index (χ1n) is 7.82. The average Bonchev–Trinajstić information content (AvgIpc) is 2.61. The minimum Gasteiger partial charge on any atom is -0.335 e. The fourth-order valence-corrected chi connectivity index (χ4v) is 2.74. The van der Waals surface area contributed by atoms with Crippen molar-refractivity contribution in [1.82, 2.24) is 24.1 Å². The monoisotopic (exact) mass is 363 g/mol. The standard InChI is InChI=1S/C16H18ClN5O3/c1-19-7-9-21(10-8-19)15(24)13-14(23)20(2)16(25)22(18-13)12-5-3-11(17)4-6-12/h3-6H,7-10H2,1-2H3. The molecule has 0 bridgehead atoms. The molecule has 1 amide bonds. The second-order valence-electron chi connectivity index (χ2n) is 5.98. The number of benzene rings is 1. The fourth-order valence-electron chi connectivity index (χ4n) is 2.62. The summed E-state index contributed by atoms with van der Waals surface area (Å²) in [7, 11) is 3.30. The number of amides is 1. The van der Waals surface area contributed by atoms with Gasteiger partial charge in [-0.2, -0.15) is 9.78 Å². The van der Waals surface area contributed by atoms with Crippen molar-refractivity contribution in [2.75, 3.05) is 33.2 Å². The Kier molecular flexibility index (Phi) is 4.73. The number of carbonyl (C=O) groups is 1. The summed E-state index contributed by atoms with van der Waals surface area (Å²) < 4.78 is 1.94. The molecule has 3 rings (SSSR count). The van der Waals surface area contributed by atoms with Crippen molar-refractivity contribution in [1.29, 1.82) is 0 Å². The minimum atomic E-state index is -0.695. The molecule has 0 aliphatic carbocycles. The highest BCUT2D eigenvalue weighted by Crippen LogP contribution is 2.11. The number of likely N-dealkylation sites (N-methyl/N-ethyl adjacent to an activating group) is 1. The van der Waals surface area contributed by atoms with E-state index in [4.69, 9.17) is 11.6 Å². The van der Waals surface area contributed by atoms with Crippen LogP contribution in [0.3, 0.4) is 0 Å². The first-order chi connectivity index (χ1) is 11.9. The number of rotatable bonds is 2. The molecule has 2 heterocycles. The zero-order valence-corrected chi connectivity index (χ0v) is 14.7. The molecule has 25 heavy (non-hydrogen) atoms. The minimum absolute atomic E-state index is 0.262. The quantitative estimate of drug-likeness (QED) is 0.748. The molecule has 0 atom stereocenters.